The first kappa shape index (κ1) is 20.1. The minimum Gasteiger partial charge on any atom is -0.494 e. The van der Waals surface area contributed by atoms with E-state index in [2.05, 4.69) is 32.0 Å². The van der Waals surface area contributed by atoms with E-state index in [0.29, 0.717) is 25.0 Å². The van der Waals surface area contributed by atoms with E-state index in [4.69, 9.17) is 4.74 Å². The Morgan fingerprint density at radius 3 is 2.39 bits per heavy atom. The minimum atomic E-state index is 0.0427. The van der Waals surface area contributed by atoms with E-state index in [-0.39, 0.29) is 17.7 Å². The number of carbonyl (C=O) groups is 2. The second kappa shape index (κ2) is 9.05. The highest BCUT2D eigenvalue weighted by Gasteiger charge is 2.29. The maximum Gasteiger partial charge on any atom is 0.223 e. The number of ether oxygens (including phenoxy) is 1. The number of nitrogens with zero attached hydrogens (tertiary/aromatic N) is 1. The predicted octanol–water partition coefficient (Wildman–Crippen LogP) is 5.03. The molecule has 1 amide bonds. The van der Waals surface area contributed by atoms with Crippen molar-refractivity contribution in [1.82, 2.24) is 4.90 Å². The van der Waals surface area contributed by atoms with Crippen LogP contribution >= 0.6 is 0 Å². The first-order valence-corrected chi connectivity index (χ1v) is 10.1. The second-order valence-electron chi connectivity index (χ2n) is 7.70. The Labute approximate surface area is 167 Å². The zero-order valence-corrected chi connectivity index (χ0v) is 17.0. The largest absolute Gasteiger partial charge is 0.494 e. The summed E-state index contributed by atoms with van der Waals surface area (Å²) in [5.41, 5.74) is 4.43. The predicted molar refractivity (Wildman–Crippen MR) is 111 cm³/mol. The van der Waals surface area contributed by atoms with E-state index < -0.39 is 0 Å². The maximum absolute atomic E-state index is 12.8. The molecule has 28 heavy (non-hydrogen) atoms. The fraction of sp³-hybridized carbons (Fsp3) is 0.417. The highest BCUT2D eigenvalue weighted by atomic mass is 16.5. The van der Waals surface area contributed by atoms with E-state index in [1.165, 1.54) is 16.7 Å². The highest BCUT2D eigenvalue weighted by molar-refractivity contribution is 5.94. The van der Waals surface area contributed by atoms with Crippen LogP contribution in [-0.2, 0) is 4.79 Å². The third kappa shape index (κ3) is 5.00. The number of ketones is 1. The molecule has 0 saturated carbocycles. The normalized spacial score (nSPS) is 16.2. The van der Waals surface area contributed by atoms with Crippen molar-refractivity contribution in [2.24, 2.45) is 0 Å². The van der Waals surface area contributed by atoms with Gasteiger partial charge in [-0.15, -0.1) is 0 Å². The Balaban J connectivity index is 1.50. The van der Waals surface area contributed by atoms with Crippen molar-refractivity contribution in [3.05, 3.63) is 64.7 Å². The lowest BCUT2D eigenvalue weighted by Crippen LogP contribution is -2.30. The Hall–Kier alpha value is -2.62. The van der Waals surface area contributed by atoms with Crippen molar-refractivity contribution >= 4 is 11.7 Å². The molecule has 2 aromatic rings. The quantitative estimate of drug-likeness (QED) is 0.501. The summed E-state index contributed by atoms with van der Waals surface area (Å²) >= 11 is 0. The number of hydrogen-bond donors (Lipinski definition) is 0. The van der Waals surface area contributed by atoms with E-state index >= 15 is 0 Å². The van der Waals surface area contributed by atoms with Gasteiger partial charge in [0, 0.05) is 18.5 Å². The summed E-state index contributed by atoms with van der Waals surface area (Å²) in [5.74, 6) is 0.977. The number of aryl methyl sites for hydroxylation is 2. The standard InChI is InChI=1S/C24H29NO3/c1-17-14-18(2)16-21(15-17)23-6-4-12-25(23)24(27)7-5-13-28-22-10-8-20(9-11-22)19(3)26/h8-11,14-16,23H,4-7,12-13H2,1-3H3. The average Bonchev–Trinajstić information content (AvgIpc) is 3.14. The number of benzene rings is 2. The van der Waals surface area contributed by atoms with Crippen LogP contribution in [0.15, 0.2) is 42.5 Å². The van der Waals surface area contributed by atoms with Crippen molar-refractivity contribution in [1.29, 1.82) is 0 Å². The fourth-order valence-corrected chi connectivity index (χ4v) is 3.96. The van der Waals surface area contributed by atoms with Gasteiger partial charge in [0.15, 0.2) is 5.78 Å². The van der Waals surface area contributed by atoms with Gasteiger partial charge in [-0.05, 0) is 69.9 Å². The number of rotatable bonds is 7. The summed E-state index contributed by atoms with van der Waals surface area (Å²) < 4.78 is 5.71. The third-order valence-corrected chi connectivity index (χ3v) is 5.27. The van der Waals surface area contributed by atoms with Crippen LogP contribution in [0, 0.1) is 13.8 Å². The molecule has 148 valence electrons. The van der Waals surface area contributed by atoms with Crippen LogP contribution < -0.4 is 4.74 Å². The number of carbonyl (C=O) groups excluding carboxylic acids is 2. The Morgan fingerprint density at radius 2 is 1.75 bits per heavy atom. The molecular weight excluding hydrogens is 350 g/mol. The zero-order chi connectivity index (χ0) is 20.1. The molecular formula is C24H29NO3. The molecule has 1 heterocycles. The van der Waals surface area contributed by atoms with Gasteiger partial charge in [0.25, 0.3) is 0 Å². The maximum atomic E-state index is 12.8. The molecule has 1 aliphatic heterocycles. The smallest absolute Gasteiger partial charge is 0.223 e. The SMILES string of the molecule is CC(=O)c1ccc(OCCCC(=O)N2CCCC2c2cc(C)cc(C)c2)cc1. The first-order valence-electron chi connectivity index (χ1n) is 10.1. The summed E-state index contributed by atoms with van der Waals surface area (Å²) in [4.78, 5) is 26.1. The van der Waals surface area contributed by atoms with Crippen LogP contribution in [-0.4, -0.2) is 29.7 Å². The van der Waals surface area contributed by atoms with Crippen molar-refractivity contribution < 1.29 is 14.3 Å². The van der Waals surface area contributed by atoms with Gasteiger partial charge in [0.2, 0.25) is 5.91 Å². The highest BCUT2D eigenvalue weighted by Crippen LogP contribution is 2.33. The summed E-state index contributed by atoms with van der Waals surface area (Å²) in [5, 5.41) is 0. The molecule has 1 saturated heterocycles. The number of likely N-dealkylation sites (tertiary alicyclic amines) is 1. The lowest BCUT2D eigenvalue weighted by molar-refractivity contribution is -0.132. The first-order chi connectivity index (χ1) is 13.4. The molecule has 0 aromatic heterocycles. The number of amides is 1. The van der Waals surface area contributed by atoms with Crippen LogP contribution in [0.2, 0.25) is 0 Å². The molecule has 1 atom stereocenters. The van der Waals surface area contributed by atoms with E-state index in [1.54, 1.807) is 31.2 Å². The van der Waals surface area contributed by atoms with Crippen molar-refractivity contribution in [2.45, 2.75) is 52.5 Å². The average molecular weight is 380 g/mol. The Morgan fingerprint density at radius 1 is 1.07 bits per heavy atom. The molecule has 3 rings (SSSR count). The summed E-state index contributed by atoms with van der Waals surface area (Å²) in [7, 11) is 0. The Kier molecular flexibility index (Phi) is 6.50. The molecule has 0 radical (unpaired) electrons. The van der Waals surface area contributed by atoms with Crippen LogP contribution in [0.3, 0.4) is 0 Å². The van der Waals surface area contributed by atoms with Crippen LogP contribution in [0.5, 0.6) is 5.75 Å². The minimum absolute atomic E-state index is 0.0427. The number of hydrogen-bond acceptors (Lipinski definition) is 3. The monoisotopic (exact) mass is 379 g/mol. The van der Waals surface area contributed by atoms with Crippen molar-refractivity contribution in [2.75, 3.05) is 13.2 Å². The summed E-state index contributed by atoms with van der Waals surface area (Å²) in [6.07, 6.45) is 3.27. The number of Topliss-reactive ketones (excluding diaryl/α,β-unsaturated/α-hetero) is 1. The lowest BCUT2D eigenvalue weighted by atomic mass is 9.99. The van der Waals surface area contributed by atoms with E-state index in [1.807, 2.05) is 4.90 Å². The molecule has 4 heteroatoms. The topological polar surface area (TPSA) is 46.6 Å². The zero-order valence-electron chi connectivity index (χ0n) is 17.0. The van der Waals surface area contributed by atoms with Crippen molar-refractivity contribution in [3.63, 3.8) is 0 Å². The van der Waals surface area contributed by atoms with Gasteiger partial charge in [-0.2, -0.15) is 0 Å². The van der Waals surface area contributed by atoms with Gasteiger partial charge in [0.05, 0.1) is 12.6 Å². The molecule has 0 bridgehead atoms. The van der Waals surface area contributed by atoms with Gasteiger partial charge in [0.1, 0.15) is 5.75 Å². The summed E-state index contributed by atoms with van der Waals surface area (Å²) in [6, 6.07) is 13.9. The van der Waals surface area contributed by atoms with Gasteiger partial charge < -0.3 is 9.64 Å². The van der Waals surface area contributed by atoms with E-state index in [0.717, 1.165) is 25.1 Å². The van der Waals surface area contributed by atoms with Gasteiger partial charge >= 0.3 is 0 Å². The van der Waals surface area contributed by atoms with Gasteiger partial charge in [-0.1, -0.05) is 29.3 Å². The molecule has 1 fully saturated rings. The van der Waals surface area contributed by atoms with E-state index in [9.17, 15) is 9.59 Å². The molecule has 0 spiro atoms. The molecule has 2 aromatic carbocycles. The van der Waals surface area contributed by atoms with Gasteiger partial charge in [-0.25, -0.2) is 0 Å². The fourth-order valence-electron chi connectivity index (χ4n) is 3.96. The second-order valence-corrected chi connectivity index (χ2v) is 7.70. The Bertz CT molecular complexity index is 821. The van der Waals surface area contributed by atoms with Gasteiger partial charge in [-0.3, -0.25) is 9.59 Å². The molecule has 1 aliphatic rings. The molecule has 0 aliphatic carbocycles. The van der Waals surface area contributed by atoms with Crippen LogP contribution in [0.25, 0.3) is 0 Å². The molecule has 1 unspecified atom stereocenters. The molecule has 4 nitrogen and oxygen atoms in total. The lowest BCUT2D eigenvalue weighted by Gasteiger charge is -2.26. The summed E-state index contributed by atoms with van der Waals surface area (Å²) in [6.45, 7) is 7.10. The third-order valence-electron chi connectivity index (χ3n) is 5.27. The van der Waals surface area contributed by atoms with Crippen LogP contribution in [0.1, 0.15) is 65.7 Å². The van der Waals surface area contributed by atoms with Crippen LogP contribution in [0.4, 0.5) is 0 Å². The molecule has 0 N–H and O–H groups in total. The van der Waals surface area contributed by atoms with Crippen molar-refractivity contribution in [3.8, 4) is 5.75 Å².